The first-order chi connectivity index (χ1) is 15.6. The molecular weight excluding hydrogens is 408 g/mol. The number of aliphatic imine (C=N–C) groups is 1. The maximum atomic E-state index is 11.4. The van der Waals surface area contributed by atoms with Crippen LogP contribution >= 0.6 is 0 Å². The van der Waals surface area contributed by atoms with E-state index in [9.17, 15) is 9.90 Å². The van der Waals surface area contributed by atoms with Gasteiger partial charge in [0.15, 0.2) is 5.96 Å². The number of piperazine rings is 1. The average molecular weight is 439 g/mol. The molecule has 2 fully saturated rings. The zero-order valence-corrected chi connectivity index (χ0v) is 18.4. The molecule has 2 saturated heterocycles. The number of nitrogens with zero attached hydrogens (tertiary/aromatic N) is 3. The molecule has 0 bridgehead atoms. The molecule has 1 atom stereocenters. The number of nitrogens with one attached hydrogen (secondary N) is 1. The van der Waals surface area contributed by atoms with Crippen molar-refractivity contribution in [3.05, 3.63) is 54.1 Å². The molecule has 2 aliphatic rings. The Morgan fingerprint density at radius 2 is 1.97 bits per heavy atom. The SMILES string of the molecule is COc1ccc(N2CCN(C(=NC[C@@H]3CCCO3)Nc3cccc(C(=O)O)c3)CC2)cc1. The topological polar surface area (TPSA) is 86.6 Å². The average Bonchev–Trinajstić information content (AvgIpc) is 3.36. The standard InChI is InChI=1S/C24H30N4O4/c1-31-21-9-7-20(8-10-21)27-11-13-28(14-12-27)24(25-17-22-6-3-15-32-22)26-19-5-2-4-18(16-19)23(29)30/h2,4-5,7-10,16,22H,3,6,11-15,17H2,1H3,(H,25,26)(H,29,30)/t22-/m0/s1. The van der Waals surface area contributed by atoms with Crippen molar-refractivity contribution in [3.63, 3.8) is 0 Å². The van der Waals surface area contributed by atoms with Crippen molar-refractivity contribution in [3.8, 4) is 5.75 Å². The van der Waals surface area contributed by atoms with Gasteiger partial charge in [-0.15, -0.1) is 0 Å². The summed E-state index contributed by atoms with van der Waals surface area (Å²) >= 11 is 0. The third-order valence-corrected chi connectivity index (χ3v) is 5.85. The van der Waals surface area contributed by atoms with E-state index in [2.05, 4.69) is 27.2 Å². The van der Waals surface area contributed by atoms with Gasteiger partial charge in [0.25, 0.3) is 0 Å². The first-order valence-electron chi connectivity index (χ1n) is 11.0. The summed E-state index contributed by atoms with van der Waals surface area (Å²) in [5.74, 6) is 0.667. The number of guanidine groups is 1. The van der Waals surface area contributed by atoms with Gasteiger partial charge in [-0.05, 0) is 55.3 Å². The summed E-state index contributed by atoms with van der Waals surface area (Å²) in [7, 11) is 1.67. The molecule has 2 aliphatic heterocycles. The van der Waals surface area contributed by atoms with Crippen LogP contribution in [0.25, 0.3) is 0 Å². The molecule has 8 nitrogen and oxygen atoms in total. The summed E-state index contributed by atoms with van der Waals surface area (Å²) in [6.45, 7) is 4.73. The number of hydrogen-bond acceptors (Lipinski definition) is 5. The van der Waals surface area contributed by atoms with Gasteiger partial charge in [0.2, 0.25) is 0 Å². The molecule has 4 rings (SSSR count). The number of rotatable bonds is 6. The largest absolute Gasteiger partial charge is 0.497 e. The zero-order valence-electron chi connectivity index (χ0n) is 18.4. The molecule has 0 amide bonds. The smallest absolute Gasteiger partial charge is 0.335 e. The van der Waals surface area contributed by atoms with Crippen LogP contribution in [0.5, 0.6) is 5.75 Å². The highest BCUT2D eigenvalue weighted by molar-refractivity contribution is 5.96. The number of ether oxygens (including phenoxy) is 2. The van der Waals surface area contributed by atoms with Crippen LogP contribution in [0.1, 0.15) is 23.2 Å². The molecule has 2 aromatic rings. The van der Waals surface area contributed by atoms with Gasteiger partial charge in [-0.1, -0.05) is 6.07 Å². The molecule has 0 saturated carbocycles. The fourth-order valence-electron chi connectivity index (χ4n) is 4.02. The van der Waals surface area contributed by atoms with E-state index >= 15 is 0 Å². The summed E-state index contributed by atoms with van der Waals surface area (Å²) < 4.78 is 11.0. The lowest BCUT2D eigenvalue weighted by molar-refractivity contribution is 0.0697. The highest BCUT2D eigenvalue weighted by atomic mass is 16.5. The quantitative estimate of drug-likeness (QED) is 0.529. The van der Waals surface area contributed by atoms with E-state index in [0.29, 0.717) is 12.2 Å². The van der Waals surface area contributed by atoms with Gasteiger partial charge in [0, 0.05) is 44.2 Å². The maximum absolute atomic E-state index is 11.4. The van der Waals surface area contributed by atoms with Crippen molar-refractivity contribution in [1.29, 1.82) is 0 Å². The maximum Gasteiger partial charge on any atom is 0.335 e. The number of methoxy groups -OCH3 is 1. The summed E-state index contributed by atoms with van der Waals surface area (Å²) in [5, 5.41) is 12.7. The highest BCUT2D eigenvalue weighted by Crippen LogP contribution is 2.21. The first-order valence-corrected chi connectivity index (χ1v) is 11.0. The number of carboxylic acid groups (broad SMARTS) is 1. The monoisotopic (exact) mass is 438 g/mol. The second-order valence-corrected chi connectivity index (χ2v) is 7.98. The number of anilines is 2. The Bertz CT molecular complexity index is 933. The summed E-state index contributed by atoms with van der Waals surface area (Å²) in [4.78, 5) is 20.8. The van der Waals surface area contributed by atoms with E-state index in [1.54, 1.807) is 25.3 Å². The molecule has 0 spiro atoms. The summed E-state index contributed by atoms with van der Waals surface area (Å²) in [6, 6.07) is 14.9. The van der Waals surface area contributed by atoms with E-state index < -0.39 is 5.97 Å². The van der Waals surface area contributed by atoms with E-state index in [0.717, 1.165) is 57.3 Å². The van der Waals surface area contributed by atoms with Crippen molar-refractivity contribution in [2.24, 2.45) is 4.99 Å². The van der Waals surface area contributed by atoms with Gasteiger partial charge in [-0.2, -0.15) is 0 Å². The Morgan fingerprint density at radius 3 is 2.62 bits per heavy atom. The number of carboxylic acids is 1. The van der Waals surface area contributed by atoms with Gasteiger partial charge in [-0.25, -0.2) is 4.79 Å². The van der Waals surface area contributed by atoms with Gasteiger partial charge in [0.05, 0.1) is 25.3 Å². The third-order valence-electron chi connectivity index (χ3n) is 5.85. The Kier molecular flexibility index (Phi) is 7.11. The number of benzene rings is 2. The van der Waals surface area contributed by atoms with Crippen LogP contribution in [0, 0.1) is 0 Å². The first kappa shape index (κ1) is 22.0. The van der Waals surface area contributed by atoms with E-state index in [-0.39, 0.29) is 11.7 Å². The molecule has 32 heavy (non-hydrogen) atoms. The minimum atomic E-state index is -0.945. The molecule has 2 N–H and O–H groups in total. The molecule has 8 heteroatoms. The fraction of sp³-hybridized carbons (Fsp3) is 0.417. The van der Waals surface area contributed by atoms with Crippen LogP contribution in [0.15, 0.2) is 53.5 Å². The fourth-order valence-corrected chi connectivity index (χ4v) is 4.02. The van der Waals surface area contributed by atoms with Crippen LogP contribution in [0.2, 0.25) is 0 Å². The second kappa shape index (κ2) is 10.4. The Labute approximate surface area is 188 Å². The van der Waals surface area contributed by atoms with Crippen molar-refractivity contribution >= 4 is 23.3 Å². The molecule has 2 heterocycles. The Morgan fingerprint density at radius 1 is 1.19 bits per heavy atom. The third kappa shape index (κ3) is 5.50. The van der Waals surface area contributed by atoms with Crippen LogP contribution in [0.4, 0.5) is 11.4 Å². The normalized spacial score (nSPS) is 19.2. The Balaban J connectivity index is 1.45. The number of aromatic carboxylic acids is 1. The van der Waals surface area contributed by atoms with Crippen LogP contribution in [0.3, 0.4) is 0 Å². The molecular formula is C24H30N4O4. The van der Waals surface area contributed by atoms with Crippen molar-refractivity contribution < 1.29 is 19.4 Å². The van der Waals surface area contributed by atoms with Crippen molar-refractivity contribution in [2.75, 3.05) is 56.7 Å². The molecule has 2 aromatic carbocycles. The van der Waals surface area contributed by atoms with Gasteiger partial charge >= 0.3 is 5.97 Å². The Hall–Kier alpha value is -3.26. The zero-order chi connectivity index (χ0) is 22.3. The lowest BCUT2D eigenvalue weighted by Gasteiger charge is -2.38. The van der Waals surface area contributed by atoms with E-state index in [1.807, 2.05) is 18.2 Å². The molecule has 0 unspecified atom stereocenters. The van der Waals surface area contributed by atoms with Gasteiger partial charge in [0.1, 0.15) is 5.75 Å². The molecule has 0 aromatic heterocycles. The summed E-state index contributed by atoms with van der Waals surface area (Å²) in [6.07, 6.45) is 2.25. The highest BCUT2D eigenvalue weighted by Gasteiger charge is 2.22. The lowest BCUT2D eigenvalue weighted by atomic mass is 10.2. The number of carbonyl (C=O) groups is 1. The van der Waals surface area contributed by atoms with Crippen LogP contribution < -0.4 is 15.0 Å². The minimum Gasteiger partial charge on any atom is -0.497 e. The second-order valence-electron chi connectivity index (χ2n) is 7.98. The van der Waals surface area contributed by atoms with Crippen LogP contribution in [-0.2, 0) is 4.74 Å². The van der Waals surface area contributed by atoms with Crippen molar-refractivity contribution in [2.45, 2.75) is 18.9 Å². The van der Waals surface area contributed by atoms with Gasteiger partial charge < -0.3 is 29.7 Å². The van der Waals surface area contributed by atoms with Crippen molar-refractivity contribution in [1.82, 2.24) is 4.90 Å². The molecule has 0 radical (unpaired) electrons. The van der Waals surface area contributed by atoms with E-state index in [1.165, 1.54) is 5.69 Å². The summed E-state index contributed by atoms with van der Waals surface area (Å²) in [5.41, 5.74) is 2.14. The lowest BCUT2D eigenvalue weighted by Crippen LogP contribution is -2.51. The van der Waals surface area contributed by atoms with Gasteiger partial charge in [-0.3, -0.25) is 4.99 Å². The predicted molar refractivity (Wildman–Crippen MR) is 125 cm³/mol. The minimum absolute atomic E-state index is 0.151. The predicted octanol–water partition coefficient (Wildman–Crippen LogP) is 3.16. The van der Waals surface area contributed by atoms with E-state index in [4.69, 9.17) is 14.5 Å². The molecule has 0 aliphatic carbocycles. The number of hydrogen-bond donors (Lipinski definition) is 2. The van der Waals surface area contributed by atoms with Crippen LogP contribution in [-0.4, -0.2) is 74.5 Å². The molecule has 170 valence electrons.